The third kappa shape index (κ3) is 6.79. The van der Waals surface area contributed by atoms with Crippen molar-refractivity contribution in [2.75, 3.05) is 6.54 Å². The van der Waals surface area contributed by atoms with Gasteiger partial charge in [-0.3, -0.25) is 4.79 Å². The highest BCUT2D eigenvalue weighted by atomic mass is 35.5. The van der Waals surface area contributed by atoms with Crippen LogP contribution in [0.15, 0.2) is 36.5 Å². The first-order valence-electron chi connectivity index (χ1n) is 8.33. The van der Waals surface area contributed by atoms with Gasteiger partial charge in [0.1, 0.15) is 11.4 Å². The molecule has 0 aliphatic heterocycles. The SMILES string of the molecule is CC(C)(C)OC(=O)NCCc1ccc(Oc2ccc(C(N)=O)cn2)cc1Cl. The van der Waals surface area contributed by atoms with E-state index in [0.717, 1.165) is 5.56 Å². The predicted molar refractivity (Wildman–Crippen MR) is 102 cm³/mol. The number of halogens is 1. The van der Waals surface area contributed by atoms with Crippen molar-refractivity contribution in [3.63, 3.8) is 0 Å². The molecule has 7 nitrogen and oxygen atoms in total. The molecule has 0 unspecified atom stereocenters. The van der Waals surface area contributed by atoms with E-state index in [4.69, 9.17) is 26.8 Å². The fraction of sp³-hybridized carbons (Fsp3) is 0.316. The molecule has 0 atom stereocenters. The molecule has 8 heteroatoms. The van der Waals surface area contributed by atoms with Gasteiger partial charge in [-0.05, 0) is 51.0 Å². The first-order valence-corrected chi connectivity index (χ1v) is 8.71. The number of pyridine rings is 1. The van der Waals surface area contributed by atoms with E-state index < -0.39 is 17.6 Å². The highest BCUT2D eigenvalue weighted by Gasteiger charge is 2.15. The molecule has 2 amide bonds. The number of rotatable bonds is 6. The van der Waals surface area contributed by atoms with E-state index in [9.17, 15) is 9.59 Å². The zero-order chi connectivity index (χ0) is 20.0. The van der Waals surface area contributed by atoms with E-state index >= 15 is 0 Å². The number of nitrogens with zero attached hydrogens (tertiary/aromatic N) is 1. The Morgan fingerprint density at radius 3 is 2.52 bits per heavy atom. The highest BCUT2D eigenvalue weighted by Crippen LogP contribution is 2.26. The molecule has 1 aromatic carbocycles. The van der Waals surface area contributed by atoms with Gasteiger partial charge in [-0.2, -0.15) is 0 Å². The van der Waals surface area contributed by atoms with Gasteiger partial charge in [0.25, 0.3) is 0 Å². The molecule has 1 heterocycles. The lowest BCUT2D eigenvalue weighted by Crippen LogP contribution is -2.33. The Labute approximate surface area is 162 Å². The Balaban J connectivity index is 1.91. The summed E-state index contributed by atoms with van der Waals surface area (Å²) in [6.07, 6.45) is 1.42. The summed E-state index contributed by atoms with van der Waals surface area (Å²) in [4.78, 5) is 26.7. The molecule has 3 N–H and O–H groups in total. The zero-order valence-electron chi connectivity index (χ0n) is 15.4. The number of aromatic nitrogens is 1. The largest absolute Gasteiger partial charge is 0.444 e. The number of carbonyl (C=O) groups excluding carboxylic acids is 2. The third-order valence-corrected chi connectivity index (χ3v) is 3.68. The molecule has 0 spiro atoms. The summed E-state index contributed by atoms with van der Waals surface area (Å²) in [5.41, 5.74) is 5.79. The molecule has 2 rings (SSSR count). The predicted octanol–water partition coefficient (Wildman–Crippen LogP) is 3.69. The maximum atomic E-state index is 11.6. The van der Waals surface area contributed by atoms with Gasteiger partial charge in [0.2, 0.25) is 11.8 Å². The maximum absolute atomic E-state index is 11.6. The maximum Gasteiger partial charge on any atom is 0.407 e. The molecule has 0 saturated carbocycles. The summed E-state index contributed by atoms with van der Waals surface area (Å²) in [6.45, 7) is 5.81. The van der Waals surface area contributed by atoms with Crippen LogP contribution in [0.1, 0.15) is 36.7 Å². The lowest BCUT2D eigenvalue weighted by molar-refractivity contribution is 0.0528. The first-order chi connectivity index (χ1) is 12.6. The van der Waals surface area contributed by atoms with Crippen molar-refractivity contribution in [2.24, 2.45) is 5.73 Å². The zero-order valence-corrected chi connectivity index (χ0v) is 16.2. The van der Waals surface area contributed by atoms with Crippen LogP contribution in [0.5, 0.6) is 11.6 Å². The topological polar surface area (TPSA) is 104 Å². The first kappa shape index (κ1) is 20.5. The van der Waals surface area contributed by atoms with Crippen molar-refractivity contribution in [1.82, 2.24) is 10.3 Å². The Bertz CT molecular complexity index is 817. The Morgan fingerprint density at radius 2 is 1.96 bits per heavy atom. The van der Waals surface area contributed by atoms with Gasteiger partial charge < -0.3 is 20.5 Å². The number of carbonyl (C=O) groups is 2. The minimum Gasteiger partial charge on any atom is -0.444 e. The molecule has 27 heavy (non-hydrogen) atoms. The van der Waals surface area contributed by atoms with E-state index in [-0.39, 0.29) is 0 Å². The minimum absolute atomic E-state index is 0.299. The highest BCUT2D eigenvalue weighted by molar-refractivity contribution is 6.31. The number of hydrogen-bond acceptors (Lipinski definition) is 5. The van der Waals surface area contributed by atoms with Crippen LogP contribution in [0.4, 0.5) is 4.79 Å². The van der Waals surface area contributed by atoms with Crippen molar-refractivity contribution >= 4 is 23.6 Å². The van der Waals surface area contributed by atoms with Gasteiger partial charge in [-0.15, -0.1) is 0 Å². The van der Waals surface area contributed by atoms with Gasteiger partial charge in [0, 0.05) is 23.8 Å². The van der Waals surface area contributed by atoms with Crippen molar-refractivity contribution in [3.05, 3.63) is 52.7 Å². The minimum atomic E-state index is -0.554. The number of benzene rings is 1. The fourth-order valence-electron chi connectivity index (χ4n) is 2.11. The molecule has 144 valence electrons. The number of alkyl carbamates (subject to hydrolysis) is 1. The summed E-state index contributed by atoms with van der Waals surface area (Å²) in [5.74, 6) is 0.264. The molecule has 1 aromatic heterocycles. The number of amides is 2. The van der Waals surface area contributed by atoms with Crippen LogP contribution in [0.3, 0.4) is 0 Å². The monoisotopic (exact) mass is 391 g/mol. The quantitative estimate of drug-likeness (QED) is 0.781. The lowest BCUT2D eigenvalue weighted by atomic mass is 10.1. The van der Waals surface area contributed by atoms with Crippen LogP contribution in [0.2, 0.25) is 5.02 Å². The Hall–Kier alpha value is -2.80. The number of primary amides is 1. The van der Waals surface area contributed by atoms with Crippen LogP contribution < -0.4 is 15.8 Å². The average molecular weight is 392 g/mol. The fourth-order valence-corrected chi connectivity index (χ4v) is 2.38. The van der Waals surface area contributed by atoms with Crippen LogP contribution in [-0.4, -0.2) is 29.1 Å². The molecule has 0 fully saturated rings. The number of nitrogens with one attached hydrogen (secondary N) is 1. The number of nitrogens with two attached hydrogens (primary N) is 1. The number of hydrogen-bond donors (Lipinski definition) is 2. The van der Waals surface area contributed by atoms with Gasteiger partial charge in [0.15, 0.2) is 0 Å². The number of ether oxygens (including phenoxy) is 2. The normalized spacial score (nSPS) is 11.0. The van der Waals surface area contributed by atoms with Crippen molar-refractivity contribution in [2.45, 2.75) is 32.8 Å². The molecule has 0 saturated heterocycles. The summed E-state index contributed by atoms with van der Waals surface area (Å²) >= 11 is 6.28. The van der Waals surface area contributed by atoms with Crippen molar-refractivity contribution in [1.29, 1.82) is 0 Å². The Kier molecular flexibility index (Phi) is 6.63. The second kappa shape index (κ2) is 8.73. The van der Waals surface area contributed by atoms with Crippen molar-refractivity contribution in [3.8, 4) is 11.6 Å². The van der Waals surface area contributed by atoms with Crippen LogP contribution in [0.25, 0.3) is 0 Å². The molecular formula is C19H22ClN3O4. The van der Waals surface area contributed by atoms with E-state index in [0.29, 0.717) is 35.2 Å². The Morgan fingerprint density at radius 1 is 1.22 bits per heavy atom. The van der Waals surface area contributed by atoms with Gasteiger partial charge in [-0.1, -0.05) is 17.7 Å². The van der Waals surface area contributed by atoms with E-state index in [1.807, 2.05) is 6.07 Å². The second-order valence-electron chi connectivity index (χ2n) is 6.78. The van der Waals surface area contributed by atoms with E-state index in [1.165, 1.54) is 12.3 Å². The summed E-state index contributed by atoms with van der Waals surface area (Å²) in [7, 11) is 0. The summed E-state index contributed by atoms with van der Waals surface area (Å²) < 4.78 is 10.8. The van der Waals surface area contributed by atoms with Gasteiger partial charge in [-0.25, -0.2) is 9.78 Å². The lowest BCUT2D eigenvalue weighted by Gasteiger charge is -2.19. The van der Waals surface area contributed by atoms with Crippen LogP contribution in [-0.2, 0) is 11.2 Å². The molecule has 0 bridgehead atoms. The molecule has 2 aromatic rings. The molecule has 0 aliphatic carbocycles. The van der Waals surface area contributed by atoms with Gasteiger partial charge in [0.05, 0.1) is 5.56 Å². The molecular weight excluding hydrogens is 370 g/mol. The smallest absolute Gasteiger partial charge is 0.407 e. The standard InChI is InChI=1S/C19H22ClN3O4/c1-19(2,3)27-18(25)22-9-8-12-4-6-14(10-15(12)20)26-16-7-5-13(11-23-16)17(21)24/h4-7,10-11H,8-9H2,1-3H3,(H2,21,24)(H,22,25). The summed E-state index contributed by atoms with van der Waals surface area (Å²) in [5, 5.41) is 3.19. The van der Waals surface area contributed by atoms with Crippen LogP contribution in [0, 0.1) is 0 Å². The van der Waals surface area contributed by atoms with Crippen molar-refractivity contribution < 1.29 is 19.1 Å². The molecule has 0 aliphatic rings. The third-order valence-electron chi connectivity index (χ3n) is 3.33. The van der Waals surface area contributed by atoms with E-state index in [1.54, 1.807) is 39.0 Å². The van der Waals surface area contributed by atoms with Crippen LogP contribution >= 0.6 is 11.6 Å². The summed E-state index contributed by atoms with van der Waals surface area (Å²) in [6, 6.07) is 8.30. The molecule has 0 radical (unpaired) electrons. The second-order valence-corrected chi connectivity index (χ2v) is 7.19. The van der Waals surface area contributed by atoms with E-state index in [2.05, 4.69) is 10.3 Å². The van der Waals surface area contributed by atoms with Gasteiger partial charge >= 0.3 is 6.09 Å². The average Bonchev–Trinajstić information content (AvgIpc) is 2.55.